The maximum atomic E-state index is 11.8. The van der Waals surface area contributed by atoms with E-state index in [2.05, 4.69) is 10.0 Å². The zero-order valence-corrected chi connectivity index (χ0v) is 12.7. The van der Waals surface area contributed by atoms with Crippen molar-refractivity contribution in [2.45, 2.75) is 37.5 Å². The number of hydrogen-bond donors (Lipinski definition) is 2. The Morgan fingerprint density at radius 1 is 1.28 bits per heavy atom. The monoisotopic (exact) mass is 298 g/mol. The predicted molar refractivity (Wildman–Crippen MR) is 71.7 cm³/mol. The van der Waals surface area contributed by atoms with Gasteiger partial charge in [0.2, 0.25) is 10.0 Å². The van der Waals surface area contributed by atoms with Gasteiger partial charge in [0.05, 0.1) is 10.5 Å². The van der Waals surface area contributed by atoms with Crippen LogP contribution in [0.25, 0.3) is 0 Å². The first-order chi connectivity index (χ1) is 8.04. The largest absolute Gasteiger partial charge is 0.313 e. The van der Waals surface area contributed by atoms with Crippen molar-refractivity contribution in [1.29, 1.82) is 0 Å². The van der Waals surface area contributed by atoms with E-state index in [1.807, 2.05) is 0 Å². The van der Waals surface area contributed by atoms with Gasteiger partial charge in [-0.15, -0.1) is 0 Å². The molecule has 1 aliphatic rings. The molecule has 1 fully saturated rings. The summed E-state index contributed by atoms with van der Waals surface area (Å²) in [6, 6.07) is -0.0242. The highest BCUT2D eigenvalue weighted by Gasteiger charge is 2.32. The van der Waals surface area contributed by atoms with Crippen molar-refractivity contribution in [2.75, 3.05) is 25.1 Å². The minimum Gasteiger partial charge on any atom is -0.313 e. The van der Waals surface area contributed by atoms with Crippen molar-refractivity contribution >= 4 is 19.9 Å². The second kappa shape index (κ2) is 5.44. The van der Waals surface area contributed by atoms with Crippen LogP contribution in [0.5, 0.6) is 0 Å². The van der Waals surface area contributed by atoms with Crippen LogP contribution < -0.4 is 10.0 Å². The molecule has 108 valence electrons. The molecule has 2 N–H and O–H groups in total. The molecule has 8 heteroatoms. The Balaban J connectivity index is 2.56. The Labute approximate surface area is 110 Å². The van der Waals surface area contributed by atoms with E-state index >= 15 is 0 Å². The maximum Gasteiger partial charge on any atom is 0.213 e. The van der Waals surface area contributed by atoms with Crippen molar-refractivity contribution in [2.24, 2.45) is 0 Å². The Bertz CT molecular complexity index is 476. The molecule has 0 amide bonds. The molecule has 0 aromatic rings. The second-order valence-corrected chi connectivity index (χ2v) is 9.93. The predicted octanol–water partition coefficient (Wildman–Crippen LogP) is -0.519. The summed E-state index contributed by atoms with van der Waals surface area (Å²) in [6.45, 7) is 3.77. The fourth-order valence-corrected chi connectivity index (χ4v) is 3.58. The van der Waals surface area contributed by atoms with Gasteiger partial charge in [0.15, 0.2) is 9.84 Å². The number of sulfonamides is 1. The van der Waals surface area contributed by atoms with Crippen LogP contribution in [-0.4, -0.2) is 52.7 Å². The molecule has 1 atom stereocenters. The lowest BCUT2D eigenvalue weighted by Crippen LogP contribution is -2.46. The molecular formula is C10H22N2O4S2. The Kier molecular flexibility index (Phi) is 4.80. The smallest absolute Gasteiger partial charge is 0.213 e. The third kappa shape index (κ3) is 4.49. The van der Waals surface area contributed by atoms with Crippen LogP contribution in [0.2, 0.25) is 0 Å². The highest BCUT2D eigenvalue weighted by molar-refractivity contribution is 7.92. The maximum absolute atomic E-state index is 11.8. The molecule has 0 saturated carbocycles. The van der Waals surface area contributed by atoms with E-state index in [1.54, 1.807) is 0 Å². The Morgan fingerprint density at radius 2 is 1.89 bits per heavy atom. The van der Waals surface area contributed by atoms with Crippen molar-refractivity contribution in [3.63, 3.8) is 0 Å². The summed E-state index contributed by atoms with van der Waals surface area (Å²) in [6.07, 6.45) is 2.94. The molecule has 0 aromatic carbocycles. The lowest BCUT2D eigenvalue weighted by atomic mass is 10.2. The molecule has 1 rings (SSSR count). The summed E-state index contributed by atoms with van der Waals surface area (Å²) >= 11 is 0. The molecule has 1 aliphatic heterocycles. The third-order valence-corrected chi connectivity index (χ3v) is 6.88. The van der Waals surface area contributed by atoms with Gasteiger partial charge in [0.25, 0.3) is 0 Å². The van der Waals surface area contributed by atoms with Crippen molar-refractivity contribution in [3.05, 3.63) is 0 Å². The quantitative estimate of drug-likeness (QED) is 0.688. The fourth-order valence-electron chi connectivity index (χ4n) is 1.64. The van der Waals surface area contributed by atoms with Gasteiger partial charge in [-0.3, -0.25) is 0 Å². The molecule has 0 aromatic heterocycles. The molecular weight excluding hydrogens is 276 g/mol. The van der Waals surface area contributed by atoms with E-state index in [0.717, 1.165) is 25.6 Å². The van der Waals surface area contributed by atoms with Gasteiger partial charge in [0.1, 0.15) is 0 Å². The summed E-state index contributed by atoms with van der Waals surface area (Å²) < 4.78 is 47.9. The van der Waals surface area contributed by atoms with Gasteiger partial charge in [0, 0.05) is 18.8 Å². The first kappa shape index (κ1) is 15.9. The topological polar surface area (TPSA) is 92.3 Å². The third-order valence-electron chi connectivity index (χ3n) is 3.30. The molecule has 1 heterocycles. The number of nitrogens with one attached hydrogen (secondary N) is 2. The Morgan fingerprint density at radius 3 is 2.33 bits per heavy atom. The molecule has 0 radical (unpaired) electrons. The highest BCUT2D eigenvalue weighted by Crippen LogP contribution is 2.14. The van der Waals surface area contributed by atoms with Gasteiger partial charge < -0.3 is 5.32 Å². The summed E-state index contributed by atoms with van der Waals surface area (Å²) in [7, 11) is -6.73. The molecule has 1 saturated heterocycles. The first-order valence-electron chi connectivity index (χ1n) is 5.94. The van der Waals surface area contributed by atoms with Crippen LogP contribution in [0.15, 0.2) is 0 Å². The van der Waals surface area contributed by atoms with E-state index in [4.69, 9.17) is 0 Å². The normalized spacial score (nSPS) is 22.3. The lowest BCUT2D eigenvalue weighted by Gasteiger charge is -2.23. The number of sulfone groups is 1. The van der Waals surface area contributed by atoms with E-state index in [9.17, 15) is 16.8 Å². The average Bonchev–Trinajstić information content (AvgIpc) is 2.65. The minimum absolute atomic E-state index is 0.00679. The Hall–Kier alpha value is -0.180. The molecule has 0 spiro atoms. The fraction of sp³-hybridized carbons (Fsp3) is 1.00. The van der Waals surface area contributed by atoms with Crippen LogP contribution in [-0.2, 0) is 19.9 Å². The first-order valence-corrected chi connectivity index (χ1v) is 9.48. The van der Waals surface area contributed by atoms with Crippen LogP contribution in [0.1, 0.15) is 26.7 Å². The molecule has 1 unspecified atom stereocenters. The summed E-state index contributed by atoms with van der Waals surface area (Å²) in [5, 5.41) is 3.10. The van der Waals surface area contributed by atoms with Crippen molar-refractivity contribution in [1.82, 2.24) is 10.0 Å². The van der Waals surface area contributed by atoms with Gasteiger partial charge in [-0.2, -0.15) is 0 Å². The highest BCUT2D eigenvalue weighted by atomic mass is 32.2. The van der Waals surface area contributed by atoms with Crippen LogP contribution in [0.3, 0.4) is 0 Å². The van der Waals surface area contributed by atoms with Gasteiger partial charge in [-0.1, -0.05) is 0 Å². The van der Waals surface area contributed by atoms with Gasteiger partial charge in [-0.25, -0.2) is 21.6 Å². The zero-order chi connectivity index (χ0) is 14.0. The van der Waals surface area contributed by atoms with Crippen molar-refractivity contribution < 1.29 is 16.8 Å². The molecule has 0 bridgehead atoms. The van der Waals surface area contributed by atoms with Crippen LogP contribution >= 0.6 is 0 Å². The van der Waals surface area contributed by atoms with E-state index in [-0.39, 0.29) is 18.3 Å². The molecule has 6 nitrogen and oxygen atoms in total. The number of hydrogen-bond acceptors (Lipinski definition) is 5. The second-order valence-electron chi connectivity index (χ2n) is 5.43. The standard InChI is InChI=1S/C10H22N2O4S2/c1-10(2,17(3,13)14)8-12-18(15,16)7-9-5-4-6-11-9/h9,11-12H,4-8H2,1-3H3. The van der Waals surface area contributed by atoms with Crippen molar-refractivity contribution in [3.8, 4) is 0 Å². The number of rotatable bonds is 6. The summed E-state index contributed by atoms with van der Waals surface area (Å²) in [4.78, 5) is 0. The average molecular weight is 298 g/mol. The summed E-state index contributed by atoms with van der Waals surface area (Å²) in [5.41, 5.74) is 0. The van der Waals surface area contributed by atoms with Crippen LogP contribution in [0.4, 0.5) is 0 Å². The molecule has 0 aliphatic carbocycles. The molecule has 18 heavy (non-hydrogen) atoms. The SMILES string of the molecule is CC(C)(CNS(=O)(=O)CC1CCCN1)S(C)(=O)=O. The van der Waals surface area contributed by atoms with Gasteiger partial charge in [-0.05, 0) is 33.2 Å². The van der Waals surface area contributed by atoms with Crippen LogP contribution in [0, 0.1) is 0 Å². The van der Waals surface area contributed by atoms with E-state index < -0.39 is 24.6 Å². The van der Waals surface area contributed by atoms with E-state index in [0.29, 0.717) is 0 Å². The van der Waals surface area contributed by atoms with Gasteiger partial charge >= 0.3 is 0 Å². The zero-order valence-electron chi connectivity index (χ0n) is 11.1. The van der Waals surface area contributed by atoms with E-state index in [1.165, 1.54) is 13.8 Å². The lowest BCUT2D eigenvalue weighted by molar-refractivity contribution is 0.532. The minimum atomic E-state index is -3.44. The summed E-state index contributed by atoms with van der Waals surface area (Å²) in [5.74, 6) is 0.00679.